The number of benzene rings is 3. The Morgan fingerprint density at radius 2 is 1.32 bits per heavy atom. The molecule has 22 heavy (non-hydrogen) atoms. The zero-order valence-electron chi connectivity index (χ0n) is 12.0. The van der Waals surface area contributed by atoms with Gasteiger partial charge < -0.3 is 9.84 Å². The zero-order valence-corrected chi connectivity index (χ0v) is 12.0. The molecule has 0 saturated carbocycles. The van der Waals surface area contributed by atoms with Gasteiger partial charge in [-0.15, -0.1) is 0 Å². The topological polar surface area (TPSA) is 29.5 Å². The first kappa shape index (κ1) is 14.0. The monoisotopic (exact) mass is 288 g/mol. The van der Waals surface area contributed by atoms with Crippen LogP contribution in [0, 0.1) is 0 Å². The fourth-order valence-corrected chi connectivity index (χ4v) is 2.14. The molecule has 108 valence electrons. The quantitative estimate of drug-likeness (QED) is 0.542. The number of aromatic hydroxyl groups is 1. The third kappa shape index (κ3) is 3.36. The van der Waals surface area contributed by atoms with Gasteiger partial charge >= 0.3 is 0 Å². The van der Waals surface area contributed by atoms with Crippen molar-refractivity contribution in [2.75, 3.05) is 0 Å². The average molecular weight is 288 g/mol. The molecular formula is C20H16O2. The number of hydrogen-bond acceptors (Lipinski definition) is 2. The van der Waals surface area contributed by atoms with Crippen LogP contribution in [-0.4, -0.2) is 5.11 Å². The van der Waals surface area contributed by atoms with Gasteiger partial charge in [0, 0.05) is 5.56 Å². The van der Waals surface area contributed by atoms with Crippen molar-refractivity contribution in [1.29, 1.82) is 0 Å². The van der Waals surface area contributed by atoms with Crippen LogP contribution in [0.25, 0.3) is 11.8 Å². The predicted molar refractivity (Wildman–Crippen MR) is 89.5 cm³/mol. The van der Waals surface area contributed by atoms with Crippen LogP contribution in [-0.2, 0) is 0 Å². The molecule has 0 saturated heterocycles. The van der Waals surface area contributed by atoms with Crippen LogP contribution in [0.15, 0.2) is 84.9 Å². The second-order valence-electron chi connectivity index (χ2n) is 4.86. The normalized spacial score (nSPS) is 11.2. The summed E-state index contributed by atoms with van der Waals surface area (Å²) in [5, 5.41) is 9.92. The number of hydrogen-bond donors (Lipinski definition) is 1. The second kappa shape index (κ2) is 6.64. The molecule has 0 aromatic heterocycles. The molecule has 0 fully saturated rings. The van der Waals surface area contributed by atoms with E-state index < -0.39 is 0 Å². The van der Waals surface area contributed by atoms with Gasteiger partial charge in [0.15, 0.2) is 11.5 Å². The van der Waals surface area contributed by atoms with Gasteiger partial charge in [0.05, 0.1) is 0 Å². The maximum Gasteiger partial charge on any atom is 0.169 e. The molecule has 0 aliphatic carbocycles. The molecule has 1 N–H and O–H groups in total. The first-order chi connectivity index (χ1) is 10.8. The van der Waals surface area contributed by atoms with E-state index in [2.05, 4.69) is 0 Å². The third-order valence-electron chi connectivity index (χ3n) is 3.24. The van der Waals surface area contributed by atoms with Crippen LogP contribution in [0.4, 0.5) is 0 Å². The van der Waals surface area contributed by atoms with Crippen molar-refractivity contribution >= 4 is 11.8 Å². The number of rotatable bonds is 4. The molecule has 2 nitrogen and oxygen atoms in total. The number of para-hydroxylation sites is 2. The standard InChI is InChI=1S/C20H16O2/c21-18-13-7-8-14-19(18)22-20(17-11-5-2-6-12-17)15-16-9-3-1-4-10-16/h1-15,21H/b20-15-. The summed E-state index contributed by atoms with van der Waals surface area (Å²) in [4.78, 5) is 0. The molecule has 0 atom stereocenters. The van der Waals surface area contributed by atoms with Crippen LogP contribution >= 0.6 is 0 Å². The fraction of sp³-hybridized carbons (Fsp3) is 0. The lowest BCUT2D eigenvalue weighted by atomic mass is 10.1. The van der Waals surface area contributed by atoms with E-state index in [1.165, 1.54) is 0 Å². The summed E-state index contributed by atoms with van der Waals surface area (Å²) >= 11 is 0. The van der Waals surface area contributed by atoms with Crippen molar-refractivity contribution in [2.45, 2.75) is 0 Å². The molecule has 0 aliphatic rings. The highest BCUT2D eigenvalue weighted by Crippen LogP contribution is 2.30. The Bertz CT molecular complexity index is 762. The van der Waals surface area contributed by atoms with E-state index in [0.717, 1.165) is 11.1 Å². The van der Waals surface area contributed by atoms with Crippen molar-refractivity contribution in [3.8, 4) is 11.5 Å². The van der Waals surface area contributed by atoms with E-state index in [1.54, 1.807) is 18.2 Å². The summed E-state index contributed by atoms with van der Waals surface area (Å²) < 4.78 is 5.95. The molecular weight excluding hydrogens is 272 g/mol. The number of ether oxygens (including phenoxy) is 1. The highest BCUT2D eigenvalue weighted by Gasteiger charge is 2.07. The van der Waals surface area contributed by atoms with E-state index in [4.69, 9.17) is 4.74 Å². The molecule has 0 heterocycles. The SMILES string of the molecule is Oc1ccccc1O/C(=C\c1ccccc1)c1ccccc1. The Kier molecular flexibility index (Phi) is 4.21. The Labute approximate surface area is 129 Å². The maximum absolute atomic E-state index is 9.92. The van der Waals surface area contributed by atoms with Gasteiger partial charge in [0.1, 0.15) is 5.76 Å². The molecule has 3 aromatic rings. The van der Waals surface area contributed by atoms with Gasteiger partial charge in [0.2, 0.25) is 0 Å². The summed E-state index contributed by atoms with van der Waals surface area (Å²) in [5.41, 5.74) is 1.99. The average Bonchev–Trinajstić information content (AvgIpc) is 2.58. The minimum absolute atomic E-state index is 0.123. The van der Waals surface area contributed by atoms with Gasteiger partial charge in [-0.1, -0.05) is 72.8 Å². The van der Waals surface area contributed by atoms with Gasteiger partial charge in [-0.3, -0.25) is 0 Å². The fourth-order valence-electron chi connectivity index (χ4n) is 2.14. The van der Waals surface area contributed by atoms with Gasteiger partial charge in [-0.2, -0.15) is 0 Å². The first-order valence-corrected chi connectivity index (χ1v) is 7.11. The predicted octanol–water partition coefficient (Wildman–Crippen LogP) is 4.97. The summed E-state index contributed by atoms with van der Waals surface area (Å²) in [5.74, 6) is 1.25. The molecule has 0 amide bonds. The smallest absolute Gasteiger partial charge is 0.169 e. The van der Waals surface area contributed by atoms with Crippen molar-refractivity contribution in [1.82, 2.24) is 0 Å². The van der Waals surface area contributed by atoms with Gasteiger partial charge in [-0.05, 0) is 23.8 Å². The van der Waals surface area contributed by atoms with Crippen LogP contribution in [0.3, 0.4) is 0 Å². The maximum atomic E-state index is 9.92. The van der Waals surface area contributed by atoms with Crippen LogP contribution in [0.5, 0.6) is 11.5 Å². The van der Waals surface area contributed by atoms with Crippen molar-refractivity contribution in [2.24, 2.45) is 0 Å². The van der Waals surface area contributed by atoms with E-state index in [-0.39, 0.29) is 5.75 Å². The van der Waals surface area contributed by atoms with E-state index in [9.17, 15) is 5.11 Å². The molecule has 0 spiro atoms. The lowest BCUT2D eigenvalue weighted by Gasteiger charge is -2.12. The van der Waals surface area contributed by atoms with Crippen LogP contribution in [0.2, 0.25) is 0 Å². The Balaban J connectivity index is 2.01. The molecule has 0 radical (unpaired) electrons. The summed E-state index contributed by atoms with van der Waals surface area (Å²) in [6.07, 6.45) is 1.96. The van der Waals surface area contributed by atoms with E-state index in [1.807, 2.05) is 72.8 Å². The van der Waals surface area contributed by atoms with Crippen LogP contribution < -0.4 is 4.74 Å². The zero-order chi connectivity index (χ0) is 15.2. The van der Waals surface area contributed by atoms with Crippen molar-refractivity contribution in [3.05, 3.63) is 96.1 Å². The highest BCUT2D eigenvalue weighted by molar-refractivity contribution is 5.78. The molecule has 2 heteroatoms. The second-order valence-corrected chi connectivity index (χ2v) is 4.86. The minimum atomic E-state index is 0.123. The lowest BCUT2D eigenvalue weighted by Crippen LogP contribution is -1.95. The Morgan fingerprint density at radius 1 is 0.727 bits per heavy atom. The Hall–Kier alpha value is -3.00. The molecule has 0 bridgehead atoms. The van der Waals surface area contributed by atoms with Crippen molar-refractivity contribution in [3.63, 3.8) is 0 Å². The molecule has 0 aliphatic heterocycles. The van der Waals surface area contributed by atoms with Crippen LogP contribution in [0.1, 0.15) is 11.1 Å². The summed E-state index contributed by atoms with van der Waals surface area (Å²) in [6.45, 7) is 0. The summed E-state index contributed by atoms with van der Waals surface area (Å²) in [7, 11) is 0. The van der Waals surface area contributed by atoms with E-state index in [0.29, 0.717) is 11.5 Å². The minimum Gasteiger partial charge on any atom is -0.504 e. The molecule has 3 rings (SSSR count). The van der Waals surface area contributed by atoms with Gasteiger partial charge in [-0.25, -0.2) is 0 Å². The Morgan fingerprint density at radius 3 is 2.00 bits per heavy atom. The molecule has 3 aromatic carbocycles. The van der Waals surface area contributed by atoms with E-state index >= 15 is 0 Å². The highest BCUT2D eigenvalue weighted by atomic mass is 16.5. The molecule has 0 unspecified atom stereocenters. The lowest BCUT2D eigenvalue weighted by molar-refractivity contribution is 0.425. The largest absolute Gasteiger partial charge is 0.504 e. The van der Waals surface area contributed by atoms with Gasteiger partial charge in [0.25, 0.3) is 0 Å². The van der Waals surface area contributed by atoms with Crippen molar-refractivity contribution < 1.29 is 9.84 Å². The third-order valence-corrected chi connectivity index (χ3v) is 3.24. The number of phenols is 1. The number of phenolic OH excluding ortho intramolecular Hbond substituents is 1. The first-order valence-electron chi connectivity index (χ1n) is 7.11. The summed E-state index contributed by atoms with van der Waals surface area (Å²) in [6, 6.07) is 26.8.